The van der Waals surface area contributed by atoms with Crippen LogP contribution in [0.2, 0.25) is 0 Å². The normalized spacial score (nSPS) is 13.8. The number of nitrogens with two attached hydrogens (primary N) is 1. The molecule has 0 bridgehead atoms. The minimum Gasteiger partial charge on any atom is -0.367 e. The zero-order valence-corrected chi connectivity index (χ0v) is 5.78. The molecule has 1 atom stereocenters. The fraction of sp³-hybridized carbons (Fsp3) is 0.750. The Labute approximate surface area is 61.2 Å². The third kappa shape index (κ3) is 1.41. The minimum atomic E-state index is -2.51. The molecule has 0 spiro atoms. The number of nitrogens with zero attached hydrogens (tertiary/aromatic N) is 4. The Kier molecular flexibility index (Phi) is 1.97. The van der Waals surface area contributed by atoms with E-state index in [-0.39, 0.29) is 5.95 Å². The summed E-state index contributed by atoms with van der Waals surface area (Å²) in [7, 11) is 0. The maximum absolute atomic E-state index is 12.0. The van der Waals surface area contributed by atoms with Gasteiger partial charge in [-0.25, -0.2) is 13.5 Å². The molecule has 0 aliphatic carbocycles. The van der Waals surface area contributed by atoms with E-state index in [0.29, 0.717) is 0 Å². The Hall–Kier alpha value is -1.27. The summed E-state index contributed by atoms with van der Waals surface area (Å²) in [5.41, 5.74) is 5.17. The highest BCUT2D eigenvalue weighted by Gasteiger charge is 2.19. The highest BCUT2D eigenvalue weighted by Crippen LogP contribution is 2.15. The maximum Gasteiger partial charge on any atom is 0.260 e. The first-order valence-electron chi connectivity index (χ1n) is 2.94. The molecule has 0 radical (unpaired) electrons. The van der Waals surface area contributed by atoms with Gasteiger partial charge in [0.1, 0.15) is 6.04 Å². The van der Waals surface area contributed by atoms with E-state index >= 15 is 0 Å². The van der Waals surface area contributed by atoms with Gasteiger partial charge in [0.25, 0.3) is 6.43 Å². The van der Waals surface area contributed by atoms with Gasteiger partial charge in [-0.15, -0.1) is 0 Å². The lowest BCUT2D eigenvalue weighted by molar-refractivity contribution is 0.0856. The molecule has 11 heavy (non-hydrogen) atoms. The molecule has 1 heterocycles. The summed E-state index contributed by atoms with van der Waals surface area (Å²) < 4.78 is 24.9. The van der Waals surface area contributed by atoms with Crippen LogP contribution >= 0.6 is 0 Å². The molecule has 62 valence electrons. The lowest BCUT2D eigenvalue weighted by Gasteiger charge is -2.09. The van der Waals surface area contributed by atoms with Gasteiger partial charge in [-0.2, -0.15) is 0 Å². The van der Waals surface area contributed by atoms with Crippen molar-refractivity contribution < 1.29 is 8.78 Å². The first-order valence-corrected chi connectivity index (χ1v) is 2.94. The first-order chi connectivity index (χ1) is 5.13. The molecule has 0 aromatic carbocycles. The molecule has 7 heteroatoms. The van der Waals surface area contributed by atoms with E-state index in [1.807, 2.05) is 0 Å². The van der Waals surface area contributed by atoms with E-state index in [1.165, 1.54) is 6.92 Å². The van der Waals surface area contributed by atoms with Crippen molar-refractivity contribution in [3.63, 3.8) is 0 Å². The second-order valence-corrected chi connectivity index (χ2v) is 2.06. The molecule has 0 aliphatic rings. The Bertz CT molecular complexity index is 234. The van der Waals surface area contributed by atoms with Gasteiger partial charge in [0.05, 0.1) is 0 Å². The number of anilines is 1. The summed E-state index contributed by atoms with van der Waals surface area (Å²) in [6, 6.07) is -1.08. The van der Waals surface area contributed by atoms with E-state index in [0.717, 1.165) is 4.68 Å². The van der Waals surface area contributed by atoms with E-state index < -0.39 is 12.5 Å². The van der Waals surface area contributed by atoms with Crippen molar-refractivity contribution in [1.82, 2.24) is 20.2 Å². The van der Waals surface area contributed by atoms with E-state index in [4.69, 9.17) is 5.73 Å². The van der Waals surface area contributed by atoms with Crippen LogP contribution in [0.3, 0.4) is 0 Å². The number of tetrazole rings is 1. The lowest BCUT2D eigenvalue weighted by Crippen LogP contribution is -2.17. The molecular weight excluding hydrogens is 156 g/mol. The fourth-order valence-corrected chi connectivity index (χ4v) is 0.597. The number of halogens is 2. The molecule has 1 unspecified atom stereocenters. The van der Waals surface area contributed by atoms with E-state index in [9.17, 15) is 8.78 Å². The SMILES string of the molecule is CC(C(F)F)n1nnnc1N. The van der Waals surface area contributed by atoms with Crippen molar-refractivity contribution in [2.24, 2.45) is 0 Å². The predicted molar refractivity (Wildman–Crippen MR) is 32.9 cm³/mol. The highest BCUT2D eigenvalue weighted by atomic mass is 19.3. The Balaban J connectivity index is 2.84. The third-order valence-electron chi connectivity index (χ3n) is 1.27. The Morgan fingerprint density at radius 3 is 2.55 bits per heavy atom. The average molecular weight is 163 g/mol. The van der Waals surface area contributed by atoms with Gasteiger partial charge in [0.15, 0.2) is 0 Å². The third-order valence-corrected chi connectivity index (χ3v) is 1.27. The molecule has 5 nitrogen and oxygen atoms in total. The van der Waals surface area contributed by atoms with Crippen molar-refractivity contribution >= 4 is 5.95 Å². The fourth-order valence-electron chi connectivity index (χ4n) is 0.597. The van der Waals surface area contributed by atoms with Crippen LogP contribution in [0.25, 0.3) is 0 Å². The van der Waals surface area contributed by atoms with Gasteiger partial charge in [0.2, 0.25) is 5.95 Å². The van der Waals surface area contributed by atoms with Gasteiger partial charge in [-0.1, -0.05) is 5.10 Å². The summed E-state index contributed by atoms with van der Waals surface area (Å²) in [4.78, 5) is 0. The van der Waals surface area contributed by atoms with Gasteiger partial charge < -0.3 is 5.73 Å². The topological polar surface area (TPSA) is 69.6 Å². The summed E-state index contributed by atoms with van der Waals surface area (Å²) in [6.45, 7) is 1.29. The van der Waals surface area contributed by atoms with Crippen LogP contribution in [0, 0.1) is 0 Å². The predicted octanol–water partition coefficient (Wildman–Crippen LogP) is 0.0814. The molecule has 1 rings (SSSR count). The van der Waals surface area contributed by atoms with Crippen molar-refractivity contribution in [2.75, 3.05) is 5.73 Å². The van der Waals surface area contributed by atoms with Crippen LogP contribution in [-0.2, 0) is 0 Å². The van der Waals surface area contributed by atoms with Crippen LogP contribution in [0.5, 0.6) is 0 Å². The van der Waals surface area contributed by atoms with Crippen LogP contribution in [0.4, 0.5) is 14.7 Å². The number of hydrogen-bond donors (Lipinski definition) is 1. The number of aromatic nitrogens is 4. The molecule has 0 amide bonds. The summed E-state index contributed by atoms with van der Waals surface area (Å²) in [5, 5.41) is 9.68. The molecule has 0 saturated carbocycles. The summed E-state index contributed by atoms with van der Waals surface area (Å²) in [6.07, 6.45) is -2.51. The van der Waals surface area contributed by atoms with E-state index in [2.05, 4.69) is 15.5 Å². The Morgan fingerprint density at radius 1 is 1.55 bits per heavy atom. The monoisotopic (exact) mass is 163 g/mol. The second-order valence-electron chi connectivity index (χ2n) is 2.06. The van der Waals surface area contributed by atoms with Crippen LogP contribution < -0.4 is 5.73 Å². The minimum absolute atomic E-state index is 0.0993. The first kappa shape index (κ1) is 7.83. The van der Waals surface area contributed by atoms with Crippen LogP contribution in [0.1, 0.15) is 13.0 Å². The molecule has 0 fully saturated rings. The van der Waals surface area contributed by atoms with Crippen LogP contribution in [-0.4, -0.2) is 26.6 Å². The standard InChI is InChI=1S/C4H7F2N5/c1-2(3(5)6)11-4(7)8-9-10-11/h2-3H,1H3,(H2,7,8,10). The average Bonchev–Trinajstić information content (AvgIpc) is 2.33. The number of nitrogen functional groups attached to an aromatic ring is 1. The zero-order chi connectivity index (χ0) is 8.43. The summed E-state index contributed by atoms with van der Waals surface area (Å²) >= 11 is 0. The van der Waals surface area contributed by atoms with E-state index in [1.54, 1.807) is 0 Å². The molecule has 1 aromatic rings. The number of rotatable bonds is 2. The number of alkyl halides is 2. The number of hydrogen-bond acceptors (Lipinski definition) is 4. The molecule has 0 aliphatic heterocycles. The van der Waals surface area contributed by atoms with Crippen molar-refractivity contribution in [3.05, 3.63) is 0 Å². The van der Waals surface area contributed by atoms with Gasteiger partial charge in [-0.3, -0.25) is 0 Å². The van der Waals surface area contributed by atoms with Gasteiger partial charge >= 0.3 is 0 Å². The van der Waals surface area contributed by atoms with Crippen molar-refractivity contribution in [3.8, 4) is 0 Å². The largest absolute Gasteiger partial charge is 0.367 e. The highest BCUT2D eigenvalue weighted by molar-refractivity contribution is 5.11. The lowest BCUT2D eigenvalue weighted by atomic mass is 10.4. The quantitative estimate of drug-likeness (QED) is 0.670. The molecule has 2 N–H and O–H groups in total. The van der Waals surface area contributed by atoms with Crippen molar-refractivity contribution in [1.29, 1.82) is 0 Å². The molecule has 1 aromatic heterocycles. The van der Waals surface area contributed by atoms with Gasteiger partial charge in [-0.05, 0) is 17.4 Å². The second kappa shape index (κ2) is 2.77. The van der Waals surface area contributed by atoms with Crippen LogP contribution in [0.15, 0.2) is 0 Å². The Morgan fingerprint density at radius 2 is 2.18 bits per heavy atom. The molecular formula is C4H7F2N5. The maximum atomic E-state index is 12.0. The smallest absolute Gasteiger partial charge is 0.260 e. The summed E-state index contributed by atoms with van der Waals surface area (Å²) in [5.74, 6) is -0.0993. The zero-order valence-electron chi connectivity index (χ0n) is 5.78. The van der Waals surface area contributed by atoms with Gasteiger partial charge in [0, 0.05) is 0 Å². The van der Waals surface area contributed by atoms with Crippen molar-refractivity contribution in [2.45, 2.75) is 19.4 Å². The molecule has 0 saturated heterocycles.